The predicted octanol–water partition coefficient (Wildman–Crippen LogP) is 3.25. The molecule has 0 radical (unpaired) electrons. The molecule has 4 nitrogen and oxygen atoms in total. The van der Waals surface area contributed by atoms with Crippen molar-refractivity contribution in [2.75, 3.05) is 25.9 Å². The van der Waals surface area contributed by atoms with Crippen LogP contribution in [0.15, 0.2) is 29.3 Å². The Morgan fingerprint density at radius 1 is 1.32 bits per heavy atom. The first-order valence-electron chi connectivity index (χ1n) is 7.32. The lowest BCUT2D eigenvalue weighted by atomic mass is 10.1. The van der Waals surface area contributed by atoms with Gasteiger partial charge in [-0.15, -0.1) is 24.0 Å². The summed E-state index contributed by atoms with van der Waals surface area (Å²) in [5, 5.41) is 16.0. The summed E-state index contributed by atoms with van der Waals surface area (Å²) < 4.78 is 0.146. The molecule has 0 aromatic heterocycles. The maximum atomic E-state index is 9.45. The Balaban J connectivity index is 0.00000441. The summed E-state index contributed by atoms with van der Waals surface area (Å²) in [7, 11) is 0. The molecule has 0 bridgehead atoms. The van der Waals surface area contributed by atoms with Gasteiger partial charge in [0.2, 0.25) is 0 Å². The quantitative estimate of drug-likeness (QED) is 0.348. The number of hydrogen-bond donors (Lipinski definition) is 3. The highest BCUT2D eigenvalue weighted by Gasteiger charge is 2.15. The molecule has 0 unspecified atom stereocenters. The van der Waals surface area contributed by atoms with Gasteiger partial charge in [0.05, 0.1) is 6.54 Å². The Morgan fingerprint density at radius 2 is 2.05 bits per heavy atom. The van der Waals surface area contributed by atoms with Gasteiger partial charge in [0.25, 0.3) is 0 Å². The van der Waals surface area contributed by atoms with E-state index in [0.29, 0.717) is 5.75 Å². The van der Waals surface area contributed by atoms with Gasteiger partial charge >= 0.3 is 0 Å². The van der Waals surface area contributed by atoms with Crippen molar-refractivity contribution in [3.8, 4) is 5.75 Å². The van der Waals surface area contributed by atoms with Crippen LogP contribution >= 0.6 is 35.7 Å². The van der Waals surface area contributed by atoms with Crippen LogP contribution in [0.1, 0.15) is 26.3 Å². The van der Waals surface area contributed by atoms with Crippen molar-refractivity contribution in [1.82, 2.24) is 10.6 Å². The SMILES string of the molecule is CCNC(=NCC(C)(C)SC)NCCc1cccc(O)c1.I. The van der Waals surface area contributed by atoms with Gasteiger partial charge in [-0.05, 0) is 51.1 Å². The van der Waals surface area contributed by atoms with E-state index in [2.05, 4.69) is 42.7 Å². The molecule has 0 aliphatic carbocycles. The number of nitrogens with zero attached hydrogens (tertiary/aromatic N) is 1. The first-order valence-corrected chi connectivity index (χ1v) is 8.54. The summed E-state index contributed by atoms with van der Waals surface area (Å²) in [4.78, 5) is 4.63. The van der Waals surface area contributed by atoms with Crippen molar-refractivity contribution in [3.63, 3.8) is 0 Å². The lowest BCUT2D eigenvalue weighted by Gasteiger charge is -2.20. The highest BCUT2D eigenvalue weighted by molar-refractivity contribution is 14.0. The van der Waals surface area contributed by atoms with Crippen molar-refractivity contribution in [2.24, 2.45) is 4.99 Å². The lowest BCUT2D eigenvalue weighted by molar-refractivity contribution is 0.474. The first kappa shape index (κ1) is 21.4. The number of nitrogens with one attached hydrogen (secondary N) is 2. The van der Waals surface area contributed by atoms with Gasteiger partial charge in [0, 0.05) is 17.8 Å². The molecule has 22 heavy (non-hydrogen) atoms. The average Bonchev–Trinajstić information content (AvgIpc) is 2.45. The number of halogens is 1. The Hall–Kier alpha value is -0.630. The fourth-order valence-electron chi connectivity index (χ4n) is 1.71. The minimum atomic E-state index is 0. The minimum Gasteiger partial charge on any atom is -0.508 e. The van der Waals surface area contributed by atoms with Crippen LogP contribution in [0.4, 0.5) is 0 Å². The van der Waals surface area contributed by atoms with Gasteiger partial charge < -0.3 is 15.7 Å². The maximum absolute atomic E-state index is 9.45. The van der Waals surface area contributed by atoms with E-state index in [9.17, 15) is 5.11 Å². The zero-order valence-electron chi connectivity index (χ0n) is 13.8. The van der Waals surface area contributed by atoms with E-state index < -0.39 is 0 Å². The molecule has 1 rings (SSSR count). The summed E-state index contributed by atoms with van der Waals surface area (Å²) in [5.74, 6) is 1.16. The highest BCUT2D eigenvalue weighted by atomic mass is 127. The van der Waals surface area contributed by atoms with Crippen molar-refractivity contribution in [3.05, 3.63) is 29.8 Å². The van der Waals surface area contributed by atoms with Crippen LogP contribution in [0.25, 0.3) is 0 Å². The molecule has 0 heterocycles. The fourth-order valence-corrected chi connectivity index (χ4v) is 1.91. The van der Waals surface area contributed by atoms with E-state index in [4.69, 9.17) is 0 Å². The number of guanidine groups is 1. The molecule has 126 valence electrons. The second-order valence-electron chi connectivity index (χ2n) is 5.51. The molecule has 1 aromatic carbocycles. The smallest absolute Gasteiger partial charge is 0.191 e. The third-order valence-corrected chi connectivity index (χ3v) is 4.37. The van der Waals surface area contributed by atoms with Crippen molar-refractivity contribution < 1.29 is 5.11 Å². The van der Waals surface area contributed by atoms with Crippen molar-refractivity contribution in [2.45, 2.75) is 31.9 Å². The standard InChI is InChI=1S/C16H27N3OS.HI/c1-5-17-15(19-12-16(2,3)21-4)18-10-9-13-7-6-8-14(20)11-13;/h6-8,11,20H,5,9-10,12H2,1-4H3,(H2,17,18,19);1H. The van der Waals surface area contributed by atoms with E-state index in [1.807, 2.05) is 23.9 Å². The molecule has 0 saturated heterocycles. The van der Waals surface area contributed by atoms with Crippen LogP contribution in [0.5, 0.6) is 5.75 Å². The summed E-state index contributed by atoms with van der Waals surface area (Å²) in [5.41, 5.74) is 1.11. The van der Waals surface area contributed by atoms with E-state index in [-0.39, 0.29) is 28.7 Å². The van der Waals surface area contributed by atoms with Crippen LogP contribution in [-0.4, -0.2) is 41.7 Å². The fraction of sp³-hybridized carbons (Fsp3) is 0.562. The molecule has 0 fully saturated rings. The van der Waals surface area contributed by atoms with Gasteiger partial charge in [0.15, 0.2) is 5.96 Å². The number of benzene rings is 1. The molecule has 0 aliphatic heterocycles. The summed E-state index contributed by atoms with van der Waals surface area (Å²) in [6.45, 7) is 8.85. The number of phenolic OH excluding ortho intramolecular Hbond substituents is 1. The highest BCUT2D eigenvalue weighted by Crippen LogP contribution is 2.20. The van der Waals surface area contributed by atoms with Crippen LogP contribution in [0.3, 0.4) is 0 Å². The third kappa shape index (κ3) is 8.73. The van der Waals surface area contributed by atoms with Gasteiger partial charge in [-0.2, -0.15) is 11.8 Å². The average molecular weight is 437 g/mol. The Labute approximate surface area is 155 Å². The van der Waals surface area contributed by atoms with Crippen molar-refractivity contribution in [1.29, 1.82) is 0 Å². The van der Waals surface area contributed by atoms with Crippen molar-refractivity contribution >= 4 is 41.7 Å². The summed E-state index contributed by atoms with van der Waals surface area (Å²) >= 11 is 1.82. The molecule has 6 heteroatoms. The van der Waals surface area contributed by atoms with Gasteiger partial charge in [-0.1, -0.05) is 12.1 Å². The molecular formula is C16H28IN3OS. The number of phenols is 1. The van der Waals surface area contributed by atoms with E-state index in [0.717, 1.165) is 37.6 Å². The molecule has 0 spiro atoms. The molecular weight excluding hydrogens is 409 g/mol. The summed E-state index contributed by atoms with van der Waals surface area (Å²) in [6, 6.07) is 7.36. The molecule has 3 N–H and O–H groups in total. The van der Waals surface area contributed by atoms with Gasteiger partial charge in [-0.3, -0.25) is 4.99 Å². The first-order chi connectivity index (χ1) is 9.96. The third-order valence-electron chi connectivity index (χ3n) is 3.13. The van der Waals surface area contributed by atoms with Crippen LogP contribution in [0, 0.1) is 0 Å². The van der Waals surface area contributed by atoms with E-state index >= 15 is 0 Å². The molecule has 0 saturated carbocycles. The topological polar surface area (TPSA) is 56.7 Å². The van der Waals surface area contributed by atoms with Crippen LogP contribution < -0.4 is 10.6 Å². The molecule has 1 aromatic rings. The monoisotopic (exact) mass is 437 g/mol. The minimum absolute atomic E-state index is 0. The Kier molecular flexibility index (Phi) is 10.7. The Morgan fingerprint density at radius 3 is 2.64 bits per heavy atom. The normalized spacial score (nSPS) is 11.7. The van der Waals surface area contributed by atoms with Gasteiger partial charge in [-0.25, -0.2) is 0 Å². The number of aliphatic imine (C=N–C) groups is 1. The van der Waals surface area contributed by atoms with Gasteiger partial charge in [0.1, 0.15) is 5.75 Å². The van der Waals surface area contributed by atoms with E-state index in [1.54, 1.807) is 12.1 Å². The summed E-state index contributed by atoms with van der Waals surface area (Å²) in [6.07, 6.45) is 2.96. The number of aromatic hydroxyl groups is 1. The number of rotatable bonds is 7. The number of hydrogen-bond acceptors (Lipinski definition) is 3. The molecule has 0 atom stereocenters. The van der Waals surface area contributed by atoms with Crippen LogP contribution in [-0.2, 0) is 6.42 Å². The predicted molar refractivity (Wildman–Crippen MR) is 109 cm³/mol. The zero-order valence-corrected chi connectivity index (χ0v) is 17.0. The largest absolute Gasteiger partial charge is 0.508 e. The van der Waals surface area contributed by atoms with E-state index in [1.165, 1.54) is 0 Å². The zero-order chi connectivity index (χ0) is 15.7. The second kappa shape index (κ2) is 11.0. The van der Waals surface area contributed by atoms with Crippen LogP contribution in [0.2, 0.25) is 0 Å². The maximum Gasteiger partial charge on any atom is 0.191 e. The Bertz CT molecular complexity index is 466. The number of thioether (sulfide) groups is 1. The second-order valence-corrected chi connectivity index (χ2v) is 7.02. The molecule has 0 amide bonds. The lowest BCUT2D eigenvalue weighted by Crippen LogP contribution is -2.39. The molecule has 0 aliphatic rings.